The molecule has 0 unspecified atom stereocenters. The molecule has 49 heavy (non-hydrogen) atoms. The van der Waals surface area contributed by atoms with Crippen LogP contribution in [0.25, 0.3) is 16.5 Å². The van der Waals surface area contributed by atoms with Crippen LogP contribution in [0.4, 0.5) is 28.4 Å². The molecule has 0 aliphatic carbocycles. The van der Waals surface area contributed by atoms with E-state index in [4.69, 9.17) is 5.11 Å². The number of aromatic hydroxyl groups is 2. The maximum absolute atomic E-state index is 12.5. The van der Waals surface area contributed by atoms with Gasteiger partial charge in [0.15, 0.2) is 5.69 Å². The number of H-pyrrole nitrogens is 1. The minimum Gasteiger partial charge on any atom is -0.506 e. The van der Waals surface area contributed by atoms with Crippen molar-refractivity contribution in [1.82, 2.24) is 9.78 Å². The maximum atomic E-state index is 12.5. The molecular weight excluding hydrogens is 681 g/mol. The van der Waals surface area contributed by atoms with Crippen LogP contribution >= 0.6 is 0 Å². The van der Waals surface area contributed by atoms with Crippen LogP contribution in [0.15, 0.2) is 134 Å². The van der Waals surface area contributed by atoms with Gasteiger partial charge < -0.3 is 15.3 Å². The Hall–Kier alpha value is -5.43. The zero-order chi connectivity index (χ0) is 33.5. The van der Waals surface area contributed by atoms with Crippen LogP contribution in [-0.2, 0) is 17.4 Å². The molecule has 4 N–H and O–H groups in total. The molecule has 0 spiro atoms. The molecule has 240 valence electrons. The standard InChI is InChI=1S/C17H14N4O3.C16H11N3O4.Cr.Na/c1-11-15(16(22)21(20-11)12-7-3-2-4-8-12)19-18-14-10-6-5-9-13(14)17(23)24;20-14-8-5-10-3-1-2-4-12(10)16(14)18-17-13-7-6-11(19(22)23)9-15(13)21;;/h2-10,20H,1H3,(H,23,24);1-9,20-21H;;/q;;;+1. The number of aryl methyl sites for hydroxylation is 1. The summed E-state index contributed by atoms with van der Waals surface area (Å²) in [6.45, 7) is 1.71. The van der Waals surface area contributed by atoms with Gasteiger partial charge in [-0.05, 0) is 48.7 Å². The maximum Gasteiger partial charge on any atom is 1.00 e. The molecule has 1 aromatic heterocycles. The van der Waals surface area contributed by atoms with Crippen LogP contribution in [0.5, 0.6) is 11.5 Å². The number of azo groups is 2. The number of fused-ring (bicyclic) bond motifs is 1. The van der Waals surface area contributed by atoms with Crippen LogP contribution in [0.1, 0.15) is 16.1 Å². The molecule has 0 radical (unpaired) electrons. The van der Waals surface area contributed by atoms with Crippen LogP contribution in [-0.4, -0.2) is 36.0 Å². The molecule has 1 heterocycles. The summed E-state index contributed by atoms with van der Waals surface area (Å²) in [5, 5.41) is 59.8. The number of aromatic nitrogens is 2. The number of aromatic amines is 1. The van der Waals surface area contributed by atoms with E-state index < -0.39 is 10.9 Å². The normalized spacial score (nSPS) is 10.6. The number of nitro benzene ring substituents is 1. The molecule has 0 aliphatic rings. The van der Waals surface area contributed by atoms with E-state index in [-0.39, 0.29) is 98.0 Å². The minimum atomic E-state index is -1.10. The zero-order valence-corrected chi connectivity index (χ0v) is 29.2. The Morgan fingerprint density at radius 3 is 2.10 bits per heavy atom. The second kappa shape index (κ2) is 17.1. The SMILES string of the molecule is Cc1[nH]n(-c2ccccc2)c(=O)c1N=Nc1ccccc1C(=O)O.O=[N+]([O-])c1ccc(N=Nc2c(O)ccc3ccccc23)c(O)c1.[Cr].[Na+]. The van der Waals surface area contributed by atoms with Crippen molar-refractivity contribution in [2.24, 2.45) is 20.5 Å². The molecule has 0 saturated carbocycles. The first kappa shape index (κ1) is 38.0. The molecule has 6 aromatic rings. The van der Waals surface area contributed by atoms with E-state index in [1.54, 1.807) is 43.3 Å². The Labute approximate surface area is 310 Å². The van der Waals surface area contributed by atoms with Gasteiger partial charge >= 0.3 is 35.5 Å². The third kappa shape index (κ3) is 8.93. The number of nitro groups is 1. The Kier molecular flexibility index (Phi) is 13.3. The summed E-state index contributed by atoms with van der Waals surface area (Å²) >= 11 is 0. The monoisotopic (exact) mass is 706 g/mol. The van der Waals surface area contributed by atoms with E-state index in [2.05, 4.69) is 25.6 Å². The number of rotatable bonds is 7. The molecular formula is C33H25CrN7NaO7+. The smallest absolute Gasteiger partial charge is 0.506 e. The van der Waals surface area contributed by atoms with Crippen LogP contribution < -0.4 is 35.1 Å². The number of hydrogen-bond acceptors (Lipinski definition) is 10. The van der Waals surface area contributed by atoms with E-state index in [0.717, 1.165) is 11.5 Å². The molecule has 5 aromatic carbocycles. The van der Waals surface area contributed by atoms with Crippen molar-refractivity contribution >= 4 is 45.2 Å². The minimum absolute atomic E-state index is 0. The second-order valence-corrected chi connectivity index (χ2v) is 9.87. The van der Waals surface area contributed by atoms with Crippen molar-refractivity contribution in [1.29, 1.82) is 0 Å². The topological polar surface area (TPSA) is 208 Å². The first-order valence-corrected chi connectivity index (χ1v) is 13.8. The number of carboxylic acid groups (broad SMARTS) is 1. The number of benzene rings is 5. The molecule has 16 heteroatoms. The Bertz CT molecular complexity index is 2240. The van der Waals surface area contributed by atoms with Gasteiger partial charge in [0.1, 0.15) is 28.6 Å². The first-order valence-electron chi connectivity index (χ1n) is 13.8. The van der Waals surface area contributed by atoms with E-state index >= 15 is 0 Å². The van der Waals surface area contributed by atoms with Gasteiger partial charge in [-0.15, -0.1) is 20.5 Å². The summed E-state index contributed by atoms with van der Waals surface area (Å²) in [4.78, 5) is 33.7. The van der Waals surface area contributed by atoms with Crippen LogP contribution in [0.3, 0.4) is 0 Å². The van der Waals surface area contributed by atoms with Gasteiger partial charge in [-0.1, -0.05) is 60.7 Å². The van der Waals surface area contributed by atoms with Crippen molar-refractivity contribution in [2.45, 2.75) is 6.92 Å². The van der Waals surface area contributed by atoms with Crippen molar-refractivity contribution in [3.05, 3.63) is 141 Å². The summed E-state index contributed by atoms with van der Waals surface area (Å²) in [5.41, 5.74) is 1.32. The first-order chi connectivity index (χ1) is 22.6. The van der Waals surface area contributed by atoms with Gasteiger partial charge in [-0.3, -0.25) is 20.0 Å². The number of phenols is 2. The molecule has 0 saturated heterocycles. The summed E-state index contributed by atoms with van der Waals surface area (Å²) in [6, 6.07) is 29.4. The zero-order valence-electron chi connectivity index (χ0n) is 26.0. The number of para-hydroxylation sites is 1. The fourth-order valence-electron chi connectivity index (χ4n) is 4.42. The number of nitrogens with zero attached hydrogens (tertiary/aromatic N) is 6. The van der Waals surface area contributed by atoms with Gasteiger partial charge in [-0.25, -0.2) is 9.48 Å². The second-order valence-electron chi connectivity index (χ2n) is 9.87. The average molecular weight is 707 g/mol. The van der Waals surface area contributed by atoms with Crippen molar-refractivity contribution in [2.75, 3.05) is 0 Å². The predicted octanol–water partition coefficient (Wildman–Crippen LogP) is 5.16. The molecule has 0 fully saturated rings. The summed E-state index contributed by atoms with van der Waals surface area (Å²) < 4.78 is 1.37. The van der Waals surface area contributed by atoms with Crippen molar-refractivity contribution in [3.8, 4) is 17.2 Å². The fraction of sp³-hybridized carbons (Fsp3) is 0.0303. The van der Waals surface area contributed by atoms with Gasteiger partial charge in [0.2, 0.25) is 0 Å². The van der Waals surface area contributed by atoms with E-state index in [0.29, 0.717) is 16.8 Å². The summed E-state index contributed by atoms with van der Waals surface area (Å²) in [5.74, 6) is -1.51. The Morgan fingerprint density at radius 1 is 0.776 bits per heavy atom. The third-order valence-electron chi connectivity index (χ3n) is 6.75. The number of phenolic OH excluding ortho intramolecular Hbond substituents is 2. The molecule has 0 bridgehead atoms. The fourth-order valence-corrected chi connectivity index (χ4v) is 4.42. The average Bonchev–Trinajstić information content (AvgIpc) is 3.36. The van der Waals surface area contributed by atoms with E-state index in [1.807, 2.05) is 36.4 Å². The number of nitrogens with one attached hydrogen (secondary N) is 1. The number of carboxylic acids is 1. The van der Waals surface area contributed by atoms with Gasteiger partial charge in [-0.2, -0.15) is 0 Å². The number of non-ortho nitro benzene ring substituents is 1. The Balaban J connectivity index is 0.000000255. The predicted molar refractivity (Wildman–Crippen MR) is 173 cm³/mol. The third-order valence-corrected chi connectivity index (χ3v) is 6.75. The molecule has 0 aliphatic heterocycles. The number of aromatic carboxylic acids is 1. The van der Waals surface area contributed by atoms with Gasteiger partial charge in [0.05, 0.1) is 27.9 Å². The molecule has 14 nitrogen and oxygen atoms in total. The largest absolute Gasteiger partial charge is 1.00 e. The molecule has 0 atom stereocenters. The van der Waals surface area contributed by atoms with Crippen LogP contribution in [0, 0.1) is 17.0 Å². The number of carbonyl (C=O) groups is 1. The van der Waals surface area contributed by atoms with Crippen molar-refractivity contribution in [3.63, 3.8) is 0 Å². The molecule has 0 amide bonds. The van der Waals surface area contributed by atoms with E-state index in [1.165, 1.54) is 35.0 Å². The summed E-state index contributed by atoms with van der Waals surface area (Å²) in [6.07, 6.45) is 0. The molecule has 6 rings (SSSR count). The van der Waals surface area contributed by atoms with E-state index in [9.17, 15) is 29.9 Å². The van der Waals surface area contributed by atoms with Gasteiger partial charge in [0, 0.05) is 28.8 Å². The summed E-state index contributed by atoms with van der Waals surface area (Å²) in [7, 11) is 0. The van der Waals surface area contributed by atoms with Crippen LogP contribution in [0.2, 0.25) is 0 Å². The number of hydrogen-bond donors (Lipinski definition) is 4. The van der Waals surface area contributed by atoms with Crippen molar-refractivity contribution < 1.29 is 72.0 Å². The quantitative estimate of drug-likeness (QED) is 0.0758. The van der Waals surface area contributed by atoms with Gasteiger partial charge in [0.25, 0.3) is 11.2 Å². The Morgan fingerprint density at radius 2 is 1.41 bits per heavy atom.